The van der Waals surface area contributed by atoms with Gasteiger partial charge in [-0.3, -0.25) is 0 Å². The maximum absolute atomic E-state index is 4.90. The molecule has 0 N–H and O–H groups in total. The molecule has 4 aromatic carbocycles. The molecule has 0 spiro atoms. The van der Waals surface area contributed by atoms with Gasteiger partial charge in [0.05, 0.1) is 0 Å². The molecular weight excluding hydrogens is 678 g/mol. The van der Waals surface area contributed by atoms with E-state index in [1.54, 1.807) is 0 Å². The summed E-state index contributed by atoms with van der Waals surface area (Å²) in [6, 6.07) is 38.2. The van der Waals surface area contributed by atoms with Crippen LogP contribution in [0.3, 0.4) is 0 Å². The second-order valence-corrected chi connectivity index (χ2v) is 15.2. The number of hydrogen-bond donors (Lipinski definition) is 0. The van der Waals surface area contributed by atoms with E-state index < -0.39 is 5.16 Å². The SMILES string of the molecule is PCC1([c-]2c(C(P)(c3ncccn3)c3ncccn3)cc(-c3ccccc3)c2-c2ccccc2)C2CC3CC(C2)CC1C3.[Fe].[cH-]1[cH-][cH-][cH-][cH-]1. The van der Waals surface area contributed by atoms with Crippen LogP contribution in [0.1, 0.15) is 54.9 Å². The van der Waals surface area contributed by atoms with Crippen LogP contribution >= 0.6 is 18.5 Å². The van der Waals surface area contributed by atoms with E-state index in [4.69, 9.17) is 19.9 Å². The van der Waals surface area contributed by atoms with Gasteiger partial charge >= 0.3 is 0 Å². The van der Waals surface area contributed by atoms with Gasteiger partial charge in [-0.15, -0.1) is 40.7 Å². The molecule has 254 valence electrons. The van der Waals surface area contributed by atoms with Crippen LogP contribution in [-0.4, -0.2) is 26.1 Å². The molecule has 10 rings (SSSR count). The first-order valence-electron chi connectivity index (χ1n) is 17.3. The largest absolute Gasteiger partial charge is 0.748 e. The molecule has 4 saturated carbocycles. The molecule has 4 nitrogen and oxygen atoms in total. The predicted molar refractivity (Wildman–Crippen MR) is 202 cm³/mol. The van der Waals surface area contributed by atoms with Crippen LogP contribution in [0.25, 0.3) is 22.3 Å². The van der Waals surface area contributed by atoms with E-state index in [0.29, 0.717) is 23.5 Å². The zero-order valence-corrected chi connectivity index (χ0v) is 31.0. The molecule has 0 aliphatic heterocycles. The third-order valence-electron chi connectivity index (χ3n) is 11.4. The van der Waals surface area contributed by atoms with Gasteiger partial charge in [-0.25, -0.2) is 19.9 Å². The van der Waals surface area contributed by atoms with Crippen molar-refractivity contribution in [2.24, 2.45) is 23.7 Å². The van der Waals surface area contributed by atoms with Crippen molar-refractivity contribution in [1.82, 2.24) is 19.9 Å². The second kappa shape index (κ2) is 14.5. The Kier molecular flexibility index (Phi) is 10.1. The summed E-state index contributed by atoms with van der Waals surface area (Å²) in [5, 5.41) is -0.823. The quantitative estimate of drug-likeness (QED) is 0.0938. The van der Waals surface area contributed by atoms with Gasteiger partial charge in [-0.05, 0) is 79.5 Å². The first kappa shape index (κ1) is 34.1. The summed E-state index contributed by atoms with van der Waals surface area (Å²) in [5.74, 6) is 4.45. The third-order valence-corrected chi connectivity index (χ3v) is 12.9. The van der Waals surface area contributed by atoms with E-state index in [9.17, 15) is 0 Å². The van der Waals surface area contributed by atoms with E-state index >= 15 is 0 Å². The maximum atomic E-state index is 4.90. The molecule has 49 heavy (non-hydrogen) atoms. The Hall–Kier alpha value is -3.32. The summed E-state index contributed by atoms with van der Waals surface area (Å²) in [7, 11) is 6.41. The fraction of sp³-hybridized carbons (Fsp3) is 0.286. The molecule has 0 amide bonds. The Balaban J connectivity index is 0.000000581. The van der Waals surface area contributed by atoms with Crippen LogP contribution < -0.4 is 0 Å². The van der Waals surface area contributed by atoms with Crippen molar-refractivity contribution < 1.29 is 17.1 Å². The molecule has 2 atom stereocenters. The Morgan fingerprint density at radius 1 is 0.653 bits per heavy atom. The number of hydrogen-bond acceptors (Lipinski definition) is 4. The van der Waals surface area contributed by atoms with Crippen LogP contribution in [0.4, 0.5) is 0 Å². The van der Waals surface area contributed by atoms with E-state index in [1.807, 2.05) is 67.3 Å². The topological polar surface area (TPSA) is 51.6 Å². The molecule has 2 aromatic heterocycles. The number of benzene rings is 2. The molecule has 4 aliphatic carbocycles. The summed E-state index contributed by atoms with van der Waals surface area (Å²) < 4.78 is 0. The number of nitrogens with zero attached hydrogens (tertiary/aromatic N) is 4. The Labute approximate surface area is 305 Å². The number of rotatable bonds is 7. The van der Waals surface area contributed by atoms with Gasteiger partial charge in [0.1, 0.15) is 16.8 Å². The maximum Gasteiger partial charge on any atom is 0.148 e. The summed E-state index contributed by atoms with van der Waals surface area (Å²) in [6.07, 6.45) is 15.2. The van der Waals surface area contributed by atoms with Gasteiger partial charge in [0.15, 0.2) is 0 Å². The molecular formula is C42H42FeN4P2-6. The van der Waals surface area contributed by atoms with Gasteiger partial charge in [-0.2, -0.15) is 6.07 Å². The third kappa shape index (κ3) is 5.98. The second-order valence-electron chi connectivity index (χ2n) is 13.9. The molecule has 0 radical (unpaired) electrons. The molecule has 0 saturated heterocycles. The van der Waals surface area contributed by atoms with Crippen LogP contribution in [0.15, 0.2) is 134 Å². The van der Waals surface area contributed by atoms with Gasteiger partial charge in [0.2, 0.25) is 0 Å². The summed E-state index contributed by atoms with van der Waals surface area (Å²) in [4.78, 5) is 19.6. The zero-order chi connectivity index (χ0) is 32.6. The first-order chi connectivity index (χ1) is 23.6. The van der Waals surface area contributed by atoms with Crippen molar-refractivity contribution in [3.8, 4) is 22.3 Å². The van der Waals surface area contributed by atoms with Gasteiger partial charge in [0.25, 0.3) is 0 Å². The van der Waals surface area contributed by atoms with Crippen LogP contribution in [0, 0.1) is 23.7 Å². The van der Waals surface area contributed by atoms with Crippen molar-refractivity contribution >= 4 is 18.5 Å². The van der Waals surface area contributed by atoms with Crippen molar-refractivity contribution in [3.05, 3.63) is 157 Å². The standard InChI is InChI=1S/C37H37N4P2.C5H5.Fe/c42-23-36(28-18-24-17-25(20-28)21-29(36)19-24)33-31(37(43,34-38-13-7-14-39-34)35-40-15-8-16-41-35)22-30(26-9-3-1-4-10-26)32(33)27-11-5-2-6-12-27;1-2-4-5-3-1;/h1-16,22,24-25,28-29H,17-21,23,42-43H2;1-5H;/q-1;-5;. The summed E-state index contributed by atoms with van der Waals surface area (Å²) >= 11 is 0. The summed E-state index contributed by atoms with van der Waals surface area (Å²) in [5.41, 5.74) is 7.84. The normalized spacial score (nSPS) is 23.7. The minimum atomic E-state index is -0.823. The molecule has 6 aromatic rings. The smallest absolute Gasteiger partial charge is 0.148 e. The van der Waals surface area contributed by atoms with Gasteiger partial charge < -0.3 is 30.3 Å². The average molecular weight is 721 g/mol. The minimum absolute atomic E-state index is 0. The fourth-order valence-corrected chi connectivity index (χ4v) is 11.0. The van der Waals surface area contributed by atoms with Gasteiger partial charge in [0, 0.05) is 41.9 Å². The van der Waals surface area contributed by atoms with Gasteiger partial charge in [-0.1, -0.05) is 71.8 Å². The Morgan fingerprint density at radius 3 is 1.55 bits per heavy atom. The van der Waals surface area contributed by atoms with Crippen molar-refractivity contribution in [3.63, 3.8) is 0 Å². The van der Waals surface area contributed by atoms with Crippen LogP contribution in [-0.2, 0) is 27.6 Å². The van der Waals surface area contributed by atoms with Crippen molar-refractivity contribution in [2.75, 3.05) is 6.16 Å². The van der Waals surface area contributed by atoms with E-state index in [-0.39, 0.29) is 22.5 Å². The molecule has 4 bridgehead atoms. The molecule has 2 heterocycles. The molecule has 7 heteroatoms. The van der Waals surface area contributed by atoms with E-state index in [1.165, 1.54) is 65.5 Å². The van der Waals surface area contributed by atoms with Crippen molar-refractivity contribution in [1.29, 1.82) is 0 Å². The van der Waals surface area contributed by atoms with E-state index in [2.05, 4.69) is 85.2 Å². The average Bonchev–Trinajstić information content (AvgIpc) is 3.87. The fourth-order valence-electron chi connectivity index (χ4n) is 9.64. The van der Waals surface area contributed by atoms with Crippen molar-refractivity contribution in [2.45, 2.75) is 42.7 Å². The predicted octanol–water partition coefficient (Wildman–Crippen LogP) is 9.46. The number of aromatic nitrogens is 4. The Morgan fingerprint density at radius 2 is 1.10 bits per heavy atom. The first-order valence-corrected chi connectivity index (χ1v) is 18.7. The molecule has 2 unspecified atom stereocenters. The zero-order valence-electron chi connectivity index (χ0n) is 27.6. The van der Waals surface area contributed by atoms with Crippen LogP contribution in [0.5, 0.6) is 0 Å². The Bertz CT molecular complexity index is 1840. The van der Waals surface area contributed by atoms with Crippen LogP contribution in [0.2, 0.25) is 0 Å². The van der Waals surface area contributed by atoms with E-state index in [0.717, 1.165) is 18.0 Å². The summed E-state index contributed by atoms with van der Waals surface area (Å²) in [6.45, 7) is 0. The molecule has 4 fully saturated rings. The minimum Gasteiger partial charge on any atom is -0.748 e. The monoisotopic (exact) mass is 720 g/mol. The molecule has 4 aliphatic rings.